The van der Waals surface area contributed by atoms with E-state index in [2.05, 4.69) is 25.2 Å². The molecule has 0 saturated heterocycles. The second-order valence-corrected chi connectivity index (χ2v) is 6.30. The first kappa shape index (κ1) is 16.3. The number of rotatable bonds is 6. The van der Waals surface area contributed by atoms with E-state index in [1.807, 2.05) is 35.7 Å². The van der Waals surface area contributed by atoms with E-state index in [0.717, 1.165) is 11.3 Å². The lowest BCUT2D eigenvalue weighted by atomic mass is 10.0. The summed E-state index contributed by atoms with van der Waals surface area (Å²) in [6.07, 6.45) is 3.33. The van der Waals surface area contributed by atoms with E-state index in [1.165, 1.54) is 4.88 Å². The van der Waals surface area contributed by atoms with Crippen molar-refractivity contribution in [2.24, 2.45) is 5.92 Å². The van der Waals surface area contributed by atoms with Crippen molar-refractivity contribution < 1.29 is 9.53 Å². The number of methoxy groups -OCH3 is 1. The Balaban J connectivity index is 2.07. The molecule has 1 heterocycles. The van der Waals surface area contributed by atoms with Crippen LogP contribution in [0.2, 0.25) is 0 Å². The lowest BCUT2D eigenvalue weighted by Crippen LogP contribution is -2.29. The Labute approximate surface area is 135 Å². The molecule has 1 N–H and O–H groups in total. The fourth-order valence-corrected chi connectivity index (χ4v) is 3.15. The highest BCUT2D eigenvalue weighted by Gasteiger charge is 2.18. The van der Waals surface area contributed by atoms with Crippen molar-refractivity contribution in [2.75, 3.05) is 7.11 Å². The van der Waals surface area contributed by atoms with Crippen LogP contribution in [0, 0.1) is 5.92 Å². The van der Waals surface area contributed by atoms with Gasteiger partial charge in [0.1, 0.15) is 5.75 Å². The zero-order chi connectivity index (χ0) is 15.9. The molecule has 2 rings (SSSR count). The van der Waals surface area contributed by atoms with Crippen molar-refractivity contribution in [3.63, 3.8) is 0 Å². The average molecular weight is 315 g/mol. The van der Waals surface area contributed by atoms with Crippen molar-refractivity contribution >= 4 is 23.3 Å². The van der Waals surface area contributed by atoms with E-state index in [0.29, 0.717) is 5.92 Å². The van der Waals surface area contributed by atoms with Gasteiger partial charge in [0.05, 0.1) is 13.2 Å². The SMILES string of the molecule is COc1ccccc1/C=C/C(=O)N[C@@H](c1cccs1)C(C)C. The molecule has 22 heavy (non-hydrogen) atoms. The maximum absolute atomic E-state index is 12.2. The van der Waals surface area contributed by atoms with E-state index in [4.69, 9.17) is 4.74 Å². The van der Waals surface area contributed by atoms with Gasteiger partial charge in [-0.2, -0.15) is 0 Å². The molecule has 0 spiro atoms. The van der Waals surface area contributed by atoms with Crippen molar-refractivity contribution in [3.05, 3.63) is 58.3 Å². The molecule has 2 aromatic rings. The monoisotopic (exact) mass is 315 g/mol. The molecule has 3 nitrogen and oxygen atoms in total. The highest BCUT2D eigenvalue weighted by molar-refractivity contribution is 7.10. The van der Waals surface area contributed by atoms with Gasteiger partial charge in [-0.3, -0.25) is 4.79 Å². The number of carbonyl (C=O) groups excluding carboxylic acids is 1. The maximum atomic E-state index is 12.2. The van der Waals surface area contributed by atoms with E-state index >= 15 is 0 Å². The van der Waals surface area contributed by atoms with Crippen molar-refractivity contribution in [1.82, 2.24) is 5.32 Å². The highest BCUT2D eigenvalue weighted by Crippen LogP contribution is 2.25. The molecular weight excluding hydrogens is 294 g/mol. The Bertz CT molecular complexity index is 632. The lowest BCUT2D eigenvalue weighted by molar-refractivity contribution is -0.117. The zero-order valence-corrected chi connectivity index (χ0v) is 13.9. The molecular formula is C18H21NO2S. The van der Waals surface area contributed by atoms with Gasteiger partial charge >= 0.3 is 0 Å². The molecule has 0 aliphatic carbocycles. The molecule has 0 radical (unpaired) electrons. The number of nitrogens with one attached hydrogen (secondary N) is 1. The van der Waals surface area contributed by atoms with Crippen molar-refractivity contribution in [3.8, 4) is 5.75 Å². The minimum atomic E-state index is -0.0991. The van der Waals surface area contributed by atoms with Gasteiger partial charge in [-0.1, -0.05) is 38.1 Å². The molecule has 0 unspecified atom stereocenters. The van der Waals surface area contributed by atoms with Gasteiger partial charge in [0.25, 0.3) is 0 Å². The summed E-state index contributed by atoms with van der Waals surface area (Å²) >= 11 is 1.66. The summed E-state index contributed by atoms with van der Waals surface area (Å²) in [7, 11) is 1.62. The number of para-hydroxylation sites is 1. The first-order chi connectivity index (χ1) is 10.6. The van der Waals surface area contributed by atoms with Gasteiger partial charge in [0, 0.05) is 16.5 Å². The van der Waals surface area contributed by atoms with Crippen LogP contribution in [0.25, 0.3) is 6.08 Å². The Kier molecular flexibility index (Phi) is 5.78. The minimum absolute atomic E-state index is 0.0369. The molecule has 1 atom stereocenters. The van der Waals surface area contributed by atoms with Crippen LogP contribution in [0.3, 0.4) is 0 Å². The predicted molar refractivity (Wildman–Crippen MR) is 92.1 cm³/mol. The summed E-state index contributed by atoms with van der Waals surface area (Å²) < 4.78 is 5.27. The Morgan fingerprint density at radius 1 is 1.23 bits per heavy atom. The second kappa shape index (κ2) is 7.80. The predicted octanol–water partition coefficient (Wildman–Crippen LogP) is 4.28. The first-order valence-corrected chi connectivity index (χ1v) is 8.14. The van der Waals surface area contributed by atoms with E-state index in [-0.39, 0.29) is 11.9 Å². The summed E-state index contributed by atoms with van der Waals surface area (Å²) in [5, 5.41) is 5.10. The number of amides is 1. The average Bonchev–Trinajstić information content (AvgIpc) is 3.04. The van der Waals surface area contributed by atoms with Gasteiger partial charge in [0.2, 0.25) is 5.91 Å². The van der Waals surface area contributed by atoms with Crippen molar-refractivity contribution in [1.29, 1.82) is 0 Å². The second-order valence-electron chi connectivity index (χ2n) is 5.32. The molecule has 1 amide bonds. The third-order valence-corrected chi connectivity index (χ3v) is 4.32. The van der Waals surface area contributed by atoms with Crippen molar-refractivity contribution in [2.45, 2.75) is 19.9 Å². The van der Waals surface area contributed by atoms with Crippen LogP contribution in [-0.2, 0) is 4.79 Å². The smallest absolute Gasteiger partial charge is 0.244 e. The largest absolute Gasteiger partial charge is 0.496 e. The molecule has 4 heteroatoms. The summed E-state index contributed by atoms with van der Waals surface area (Å²) in [6, 6.07) is 11.7. The van der Waals surface area contributed by atoms with Crippen LogP contribution in [-0.4, -0.2) is 13.0 Å². The number of ether oxygens (including phenoxy) is 1. The summed E-state index contributed by atoms with van der Waals surface area (Å²) in [4.78, 5) is 13.4. The quantitative estimate of drug-likeness (QED) is 0.808. The van der Waals surface area contributed by atoms with Gasteiger partial charge in [-0.25, -0.2) is 0 Å². The number of carbonyl (C=O) groups is 1. The van der Waals surface area contributed by atoms with Crippen LogP contribution >= 0.6 is 11.3 Å². The van der Waals surface area contributed by atoms with Crippen LogP contribution in [0.5, 0.6) is 5.75 Å². The molecule has 1 aromatic heterocycles. The minimum Gasteiger partial charge on any atom is -0.496 e. The zero-order valence-electron chi connectivity index (χ0n) is 13.1. The normalized spacial score (nSPS) is 12.5. The molecule has 1 aromatic carbocycles. The maximum Gasteiger partial charge on any atom is 0.244 e. The standard InChI is InChI=1S/C18H21NO2S/c1-13(2)18(16-9-6-12-22-16)19-17(20)11-10-14-7-4-5-8-15(14)21-3/h4-13,18H,1-3H3,(H,19,20)/b11-10+/t18-/m1/s1. The van der Waals surface area contributed by atoms with Gasteiger partial charge in [0.15, 0.2) is 0 Å². The molecule has 0 aliphatic heterocycles. The van der Waals surface area contributed by atoms with E-state index in [1.54, 1.807) is 30.6 Å². The summed E-state index contributed by atoms with van der Waals surface area (Å²) in [5.74, 6) is 0.991. The van der Waals surface area contributed by atoms with Crippen LogP contribution in [0.15, 0.2) is 47.9 Å². The molecule has 0 saturated carbocycles. The first-order valence-electron chi connectivity index (χ1n) is 7.27. The Hall–Kier alpha value is -2.07. The Morgan fingerprint density at radius 3 is 2.64 bits per heavy atom. The number of benzene rings is 1. The van der Waals surface area contributed by atoms with Gasteiger partial charge < -0.3 is 10.1 Å². The molecule has 0 fully saturated rings. The fourth-order valence-electron chi connectivity index (χ4n) is 2.21. The topological polar surface area (TPSA) is 38.3 Å². The van der Waals surface area contributed by atoms with Crippen LogP contribution in [0.1, 0.15) is 30.3 Å². The van der Waals surface area contributed by atoms with Gasteiger partial charge in [-0.15, -0.1) is 11.3 Å². The van der Waals surface area contributed by atoms with E-state index in [9.17, 15) is 4.79 Å². The lowest BCUT2D eigenvalue weighted by Gasteiger charge is -2.20. The summed E-state index contributed by atoms with van der Waals surface area (Å²) in [6.45, 7) is 4.21. The number of hydrogen-bond acceptors (Lipinski definition) is 3. The third-order valence-electron chi connectivity index (χ3n) is 3.37. The fraction of sp³-hybridized carbons (Fsp3) is 0.278. The van der Waals surface area contributed by atoms with E-state index < -0.39 is 0 Å². The molecule has 0 bridgehead atoms. The Morgan fingerprint density at radius 2 is 2.00 bits per heavy atom. The van der Waals surface area contributed by atoms with Crippen LogP contribution in [0.4, 0.5) is 0 Å². The van der Waals surface area contributed by atoms with Gasteiger partial charge in [-0.05, 0) is 29.5 Å². The number of hydrogen-bond donors (Lipinski definition) is 1. The highest BCUT2D eigenvalue weighted by atomic mass is 32.1. The summed E-state index contributed by atoms with van der Waals surface area (Å²) in [5.41, 5.74) is 0.886. The van der Waals surface area contributed by atoms with Crippen LogP contribution < -0.4 is 10.1 Å². The third kappa shape index (κ3) is 4.21. The molecule has 0 aliphatic rings. The number of thiophene rings is 1. The molecule has 116 valence electrons.